The molecule has 6 nitrogen and oxygen atoms in total. The first-order valence-corrected chi connectivity index (χ1v) is 11.9. The normalized spacial score (nSPS) is 13.7. The largest absolute Gasteiger partial charge is 0.272 e. The van der Waals surface area contributed by atoms with Gasteiger partial charge in [-0.1, -0.05) is 61.4 Å². The fourth-order valence-electron chi connectivity index (χ4n) is 3.75. The molecule has 1 heterocycles. The Morgan fingerprint density at radius 2 is 1.68 bits per heavy atom. The molecule has 0 spiro atoms. The number of nitrogens with zero attached hydrogens (tertiary/aromatic N) is 2. The first-order valence-electron chi connectivity index (χ1n) is 10.4. The molecule has 0 bridgehead atoms. The predicted octanol–water partition coefficient (Wildman–Crippen LogP) is 4.58. The van der Waals surface area contributed by atoms with E-state index in [0.29, 0.717) is 6.42 Å². The molecule has 0 aliphatic rings. The Labute approximate surface area is 184 Å². The number of hydrogen-bond acceptors (Lipinski definition) is 4. The molecule has 0 fully saturated rings. The van der Waals surface area contributed by atoms with E-state index < -0.39 is 22.0 Å². The number of carbonyl (C=O) groups is 1. The highest BCUT2D eigenvalue weighted by atomic mass is 32.2. The third-order valence-corrected chi connectivity index (χ3v) is 6.77. The highest BCUT2D eigenvalue weighted by molar-refractivity contribution is 7.89. The predicted molar refractivity (Wildman–Crippen MR) is 121 cm³/mol. The van der Waals surface area contributed by atoms with Crippen LogP contribution in [-0.2, 0) is 10.0 Å². The summed E-state index contributed by atoms with van der Waals surface area (Å²) in [5.74, 6) is -0.821. The zero-order valence-corrected chi connectivity index (χ0v) is 19.2. The van der Waals surface area contributed by atoms with E-state index in [-0.39, 0.29) is 10.8 Å². The molecule has 1 aromatic heterocycles. The lowest BCUT2D eigenvalue weighted by Crippen LogP contribution is -2.39. The van der Waals surface area contributed by atoms with Crippen LogP contribution >= 0.6 is 0 Å². The number of hydrogen-bond donors (Lipinski definition) is 1. The van der Waals surface area contributed by atoms with Crippen molar-refractivity contribution in [3.8, 4) is 0 Å². The Morgan fingerprint density at radius 1 is 1.03 bits per heavy atom. The van der Waals surface area contributed by atoms with Crippen LogP contribution in [0.1, 0.15) is 53.1 Å². The van der Waals surface area contributed by atoms with Gasteiger partial charge in [0.05, 0.1) is 22.5 Å². The van der Waals surface area contributed by atoms with Crippen molar-refractivity contribution in [2.45, 2.75) is 51.5 Å². The molecule has 1 N–H and O–H groups in total. The number of benzene rings is 2. The van der Waals surface area contributed by atoms with Crippen molar-refractivity contribution < 1.29 is 13.2 Å². The summed E-state index contributed by atoms with van der Waals surface area (Å²) >= 11 is 0. The average Bonchev–Trinajstić information content (AvgIpc) is 3.09. The third-order valence-electron chi connectivity index (χ3n) is 5.31. The molecule has 0 radical (unpaired) electrons. The number of carbonyl (C=O) groups excluding carboxylic acids is 1. The van der Waals surface area contributed by atoms with Crippen LogP contribution in [0.4, 0.5) is 0 Å². The summed E-state index contributed by atoms with van der Waals surface area (Å²) in [6.45, 7) is 7.55. The van der Waals surface area contributed by atoms with Crippen LogP contribution in [0.25, 0.3) is 0 Å². The van der Waals surface area contributed by atoms with Crippen molar-refractivity contribution in [2.75, 3.05) is 0 Å². The molecule has 0 aliphatic heterocycles. The molecule has 3 rings (SSSR count). The van der Waals surface area contributed by atoms with E-state index in [0.717, 1.165) is 28.9 Å². The van der Waals surface area contributed by atoms with E-state index in [1.54, 1.807) is 24.3 Å². The van der Waals surface area contributed by atoms with Gasteiger partial charge in [-0.25, -0.2) is 17.8 Å². The zero-order valence-electron chi connectivity index (χ0n) is 18.4. The molecule has 0 aliphatic carbocycles. The van der Waals surface area contributed by atoms with Gasteiger partial charge in [0.15, 0.2) is 0 Å². The number of sulfonamides is 1. The lowest BCUT2D eigenvalue weighted by atomic mass is 9.89. The summed E-state index contributed by atoms with van der Waals surface area (Å²) in [6.07, 6.45) is 1.25. The lowest BCUT2D eigenvalue weighted by Gasteiger charge is -2.27. The van der Waals surface area contributed by atoms with Gasteiger partial charge in [0, 0.05) is 5.69 Å². The second-order valence-corrected chi connectivity index (χ2v) is 9.61. The molecule has 0 saturated carbocycles. The summed E-state index contributed by atoms with van der Waals surface area (Å²) in [5.41, 5.74) is 3.20. The first-order chi connectivity index (χ1) is 14.7. The van der Waals surface area contributed by atoms with E-state index in [1.807, 2.05) is 64.1 Å². The number of rotatable bonds is 8. The van der Waals surface area contributed by atoms with Crippen LogP contribution < -0.4 is 4.72 Å². The number of nitrogens with one attached hydrogen (secondary N) is 1. The molecule has 7 heteroatoms. The molecule has 0 unspecified atom stereocenters. The first kappa shape index (κ1) is 22.9. The molecular weight excluding hydrogens is 410 g/mol. The van der Waals surface area contributed by atoms with E-state index in [4.69, 9.17) is 0 Å². The monoisotopic (exact) mass is 439 g/mol. The van der Waals surface area contributed by atoms with E-state index >= 15 is 0 Å². The van der Waals surface area contributed by atoms with E-state index in [2.05, 4.69) is 9.82 Å². The van der Waals surface area contributed by atoms with Crippen molar-refractivity contribution in [1.82, 2.24) is 14.5 Å². The minimum atomic E-state index is -3.84. The Hall–Kier alpha value is -2.77. The van der Waals surface area contributed by atoms with E-state index in [1.165, 1.54) is 4.68 Å². The molecular formula is C24H29N3O3S. The molecule has 2 aromatic carbocycles. The number of aromatic nitrogens is 2. The lowest BCUT2D eigenvalue weighted by molar-refractivity contribution is 0.0778. The minimum Gasteiger partial charge on any atom is -0.272 e. The van der Waals surface area contributed by atoms with Gasteiger partial charge >= 0.3 is 0 Å². The van der Waals surface area contributed by atoms with Crippen LogP contribution in [0.2, 0.25) is 0 Å². The highest BCUT2D eigenvalue weighted by Gasteiger charge is 2.34. The molecule has 0 amide bonds. The van der Waals surface area contributed by atoms with Crippen LogP contribution in [0.3, 0.4) is 0 Å². The molecule has 31 heavy (non-hydrogen) atoms. The Balaban J connectivity index is 2.05. The highest BCUT2D eigenvalue weighted by Crippen LogP contribution is 2.30. The quantitative estimate of drug-likeness (QED) is 0.557. The van der Waals surface area contributed by atoms with Gasteiger partial charge in [0.2, 0.25) is 10.0 Å². The van der Waals surface area contributed by atoms with Gasteiger partial charge in [-0.2, -0.15) is 5.10 Å². The van der Waals surface area contributed by atoms with Crippen LogP contribution in [-0.4, -0.2) is 24.1 Å². The fourth-order valence-corrected chi connectivity index (χ4v) is 5.01. The average molecular weight is 440 g/mol. The smallest absolute Gasteiger partial charge is 0.252 e. The maximum atomic E-state index is 13.5. The minimum absolute atomic E-state index is 0.174. The second-order valence-electron chi connectivity index (χ2n) is 7.90. The molecule has 3 aromatic rings. The van der Waals surface area contributed by atoms with Crippen LogP contribution in [0.5, 0.6) is 0 Å². The van der Waals surface area contributed by atoms with Crippen LogP contribution in [0, 0.1) is 26.7 Å². The maximum absolute atomic E-state index is 13.5. The van der Waals surface area contributed by atoms with Crippen molar-refractivity contribution in [1.29, 1.82) is 0 Å². The van der Waals surface area contributed by atoms with Crippen LogP contribution in [0.15, 0.2) is 65.6 Å². The molecule has 0 saturated heterocycles. The molecule has 164 valence electrons. The SMILES string of the molecule is CCC[C@H](C(=O)n1nc(C)cc1C)[C@H](NS(=O)(=O)c1ccc(C)cc1)c1ccccc1. The van der Waals surface area contributed by atoms with Gasteiger partial charge in [-0.15, -0.1) is 0 Å². The topological polar surface area (TPSA) is 81.1 Å². The summed E-state index contributed by atoms with van der Waals surface area (Å²) in [4.78, 5) is 13.7. The summed E-state index contributed by atoms with van der Waals surface area (Å²) < 4.78 is 30.7. The maximum Gasteiger partial charge on any atom is 0.252 e. The second kappa shape index (κ2) is 9.58. The Morgan fingerprint density at radius 3 is 2.23 bits per heavy atom. The van der Waals surface area contributed by atoms with Gasteiger partial charge in [-0.3, -0.25) is 4.79 Å². The fraction of sp³-hybridized carbons (Fsp3) is 0.333. The van der Waals surface area contributed by atoms with Gasteiger partial charge < -0.3 is 0 Å². The molecule has 2 atom stereocenters. The van der Waals surface area contributed by atoms with Gasteiger partial charge in [-0.05, 0) is 51.0 Å². The zero-order chi connectivity index (χ0) is 22.6. The summed E-state index contributed by atoms with van der Waals surface area (Å²) in [6, 6.07) is 17.1. The van der Waals surface area contributed by atoms with Crippen molar-refractivity contribution in [3.05, 3.63) is 83.2 Å². The van der Waals surface area contributed by atoms with Crippen molar-refractivity contribution in [3.63, 3.8) is 0 Å². The standard InChI is InChI=1S/C24H29N3O3S/c1-5-9-22(24(28)27-19(4)16-18(3)25-27)23(20-10-7-6-8-11-20)26-31(29,30)21-14-12-17(2)13-15-21/h6-8,10-16,22-23,26H,5,9H2,1-4H3/t22-,23+/m0/s1. The van der Waals surface area contributed by atoms with Gasteiger partial charge in [0.25, 0.3) is 5.91 Å². The third kappa shape index (κ3) is 5.29. The summed E-state index contributed by atoms with van der Waals surface area (Å²) in [5, 5.41) is 4.34. The van der Waals surface area contributed by atoms with E-state index in [9.17, 15) is 13.2 Å². The Kier molecular flexibility index (Phi) is 7.08. The van der Waals surface area contributed by atoms with Crippen molar-refractivity contribution in [2.24, 2.45) is 5.92 Å². The number of aryl methyl sites for hydroxylation is 3. The Bertz CT molecular complexity index is 1140. The summed E-state index contributed by atoms with van der Waals surface area (Å²) in [7, 11) is -3.84. The van der Waals surface area contributed by atoms with Crippen molar-refractivity contribution >= 4 is 15.9 Å². The van der Waals surface area contributed by atoms with Gasteiger partial charge in [0.1, 0.15) is 0 Å².